The predicted octanol–water partition coefficient (Wildman–Crippen LogP) is 2.54. The van der Waals surface area contributed by atoms with Crippen molar-refractivity contribution in [1.82, 2.24) is 10.3 Å². The number of rotatable bonds is 5. The van der Waals surface area contributed by atoms with Crippen LogP contribution in [0.25, 0.3) is 0 Å². The Morgan fingerprint density at radius 1 is 1.56 bits per heavy atom. The number of aromatic nitrogens is 1. The van der Waals surface area contributed by atoms with Gasteiger partial charge in [0.1, 0.15) is 0 Å². The molecule has 4 heteroatoms. The molecule has 1 heterocycles. The van der Waals surface area contributed by atoms with Gasteiger partial charge in [0, 0.05) is 24.3 Å². The summed E-state index contributed by atoms with van der Waals surface area (Å²) < 4.78 is 0. The lowest BCUT2D eigenvalue weighted by molar-refractivity contribution is 0.0947. The van der Waals surface area contributed by atoms with Gasteiger partial charge in [-0.3, -0.25) is 9.78 Å². The highest BCUT2D eigenvalue weighted by molar-refractivity contribution is 9.09. The zero-order valence-electron chi connectivity index (χ0n) is 9.66. The van der Waals surface area contributed by atoms with Gasteiger partial charge in [-0.05, 0) is 30.9 Å². The van der Waals surface area contributed by atoms with Crippen LogP contribution in [0.15, 0.2) is 18.5 Å². The van der Waals surface area contributed by atoms with E-state index >= 15 is 0 Å². The second-order valence-electron chi connectivity index (χ2n) is 4.04. The highest BCUT2D eigenvalue weighted by Crippen LogP contribution is 2.04. The molecule has 1 unspecified atom stereocenters. The fourth-order valence-electron chi connectivity index (χ4n) is 1.34. The molecule has 0 bridgehead atoms. The molecule has 3 nitrogen and oxygen atoms in total. The molecule has 0 aliphatic rings. The van der Waals surface area contributed by atoms with E-state index in [1.165, 1.54) is 0 Å². The first kappa shape index (κ1) is 13.2. The zero-order chi connectivity index (χ0) is 12.0. The standard InChI is InChI=1S/C12H17BrN2O/c1-9(3-4-13)7-15-12(16)11-5-10(2)6-14-8-11/h5-6,8-9H,3-4,7H2,1-2H3,(H,15,16). The second-order valence-corrected chi connectivity index (χ2v) is 4.84. The van der Waals surface area contributed by atoms with Crippen LogP contribution in [0.2, 0.25) is 0 Å². The normalized spacial score (nSPS) is 12.2. The minimum atomic E-state index is -0.0439. The third-order valence-corrected chi connectivity index (χ3v) is 2.81. The number of pyridine rings is 1. The molecule has 1 atom stereocenters. The average Bonchev–Trinajstić information content (AvgIpc) is 2.26. The third kappa shape index (κ3) is 4.31. The Kier molecular flexibility index (Phi) is 5.46. The van der Waals surface area contributed by atoms with Crippen LogP contribution in [0.4, 0.5) is 0 Å². The molecule has 16 heavy (non-hydrogen) atoms. The van der Waals surface area contributed by atoms with Gasteiger partial charge in [-0.15, -0.1) is 0 Å². The third-order valence-electron chi connectivity index (χ3n) is 2.35. The van der Waals surface area contributed by atoms with Gasteiger partial charge in [-0.2, -0.15) is 0 Å². The summed E-state index contributed by atoms with van der Waals surface area (Å²) in [6.07, 6.45) is 4.40. The van der Waals surface area contributed by atoms with Crippen molar-refractivity contribution in [3.63, 3.8) is 0 Å². The van der Waals surface area contributed by atoms with Crippen LogP contribution in [0, 0.1) is 12.8 Å². The Morgan fingerprint density at radius 2 is 2.31 bits per heavy atom. The van der Waals surface area contributed by atoms with Crippen LogP contribution >= 0.6 is 15.9 Å². The molecule has 0 radical (unpaired) electrons. The Morgan fingerprint density at radius 3 is 2.94 bits per heavy atom. The lowest BCUT2D eigenvalue weighted by atomic mass is 10.1. The Hall–Kier alpha value is -0.900. The summed E-state index contributed by atoms with van der Waals surface area (Å²) >= 11 is 3.39. The number of nitrogens with one attached hydrogen (secondary N) is 1. The summed E-state index contributed by atoms with van der Waals surface area (Å²) in [5.74, 6) is 0.443. The maximum atomic E-state index is 11.7. The first-order valence-corrected chi connectivity index (χ1v) is 6.51. The molecular weight excluding hydrogens is 268 g/mol. The minimum absolute atomic E-state index is 0.0439. The van der Waals surface area contributed by atoms with Crippen LogP contribution in [0.1, 0.15) is 29.3 Å². The Labute approximate surface area is 105 Å². The molecule has 0 saturated carbocycles. The Bertz CT molecular complexity index is 355. The number of alkyl halides is 1. The Balaban J connectivity index is 2.47. The summed E-state index contributed by atoms with van der Waals surface area (Å²) in [7, 11) is 0. The van der Waals surface area contributed by atoms with Crippen molar-refractivity contribution in [2.24, 2.45) is 5.92 Å². The van der Waals surface area contributed by atoms with Gasteiger partial charge in [0.05, 0.1) is 5.56 Å². The van der Waals surface area contributed by atoms with Crippen LogP contribution in [0.5, 0.6) is 0 Å². The number of carbonyl (C=O) groups excluding carboxylic acids is 1. The van der Waals surface area contributed by atoms with Gasteiger partial charge < -0.3 is 5.32 Å². The first-order chi connectivity index (χ1) is 7.63. The van der Waals surface area contributed by atoms with E-state index in [4.69, 9.17) is 0 Å². The first-order valence-electron chi connectivity index (χ1n) is 5.39. The summed E-state index contributed by atoms with van der Waals surface area (Å²) in [4.78, 5) is 15.7. The maximum Gasteiger partial charge on any atom is 0.252 e. The van der Waals surface area contributed by atoms with E-state index in [0.717, 1.165) is 17.3 Å². The van der Waals surface area contributed by atoms with Crippen molar-refractivity contribution in [2.75, 3.05) is 11.9 Å². The van der Waals surface area contributed by atoms with Gasteiger partial charge in [-0.1, -0.05) is 22.9 Å². The minimum Gasteiger partial charge on any atom is -0.352 e. The topological polar surface area (TPSA) is 42.0 Å². The summed E-state index contributed by atoms with van der Waals surface area (Å²) in [6, 6.07) is 1.84. The van der Waals surface area contributed by atoms with Crippen molar-refractivity contribution in [3.8, 4) is 0 Å². The van der Waals surface area contributed by atoms with E-state index in [1.54, 1.807) is 12.4 Å². The molecule has 0 fully saturated rings. The van der Waals surface area contributed by atoms with Crippen LogP contribution in [0.3, 0.4) is 0 Å². The zero-order valence-corrected chi connectivity index (χ0v) is 11.3. The predicted molar refractivity (Wildman–Crippen MR) is 68.9 cm³/mol. The van der Waals surface area contributed by atoms with Gasteiger partial charge in [0.2, 0.25) is 0 Å². The second kappa shape index (κ2) is 6.63. The molecule has 0 spiro atoms. The molecule has 0 aromatic carbocycles. The monoisotopic (exact) mass is 284 g/mol. The number of hydrogen-bond acceptors (Lipinski definition) is 2. The maximum absolute atomic E-state index is 11.7. The molecule has 1 rings (SSSR count). The molecule has 0 aliphatic heterocycles. The van der Waals surface area contributed by atoms with E-state index in [0.29, 0.717) is 18.0 Å². The molecule has 1 N–H and O–H groups in total. The highest BCUT2D eigenvalue weighted by Gasteiger charge is 2.07. The number of halogens is 1. The largest absolute Gasteiger partial charge is 0.352 e. The van der Waals surface area contributed by atoms with Crippen LogP contribution in [-0.4, -0.2) is 22.8 Å². The van der Waals surface area contributed by atoms with E-state index in [-0.39, 0.29) is 5.91 Å². The molecule has 1 amide bonds. The molecule has 0 aliphatic carbocycles. The highest BCUT2D eigenvalue weighted by atomic mass is 79.9. The van der Waals surface area contributed by atoms with Crippen molar-refractivity contribution >= 4 is 21.8 Å². The summed E-state index contributed by atoms with van der Waals surface area (Å²) in [5, 5.41) is 3.88. The lowest BCUT2D eigenvalue weighted by Gasteiger charge is -2.11. The number of amides is 1. The van der Waals surface area contributed by atoms with Gasteiger partial charge in [0.25, 0.3) is 5.91 Å². The molecular formula is C12H17BrN2O. The smallest absolute Gasteiger partial charge is 0.252 e. The summed E-state index contributed by atoms with van der Waals surface area (Å²) in [5.41, 5.74) is 1.63. The van der Waals surface area contributed by atoms with Crippen molar-refractivity contribution in [1.29, 1.82) is 0 Å². The average molecular weight is 285 g/mol. The fraction of sp³-hybridized carbons (Fsp3) is 0.500. The molecule has 88 valence electrons. The van der Waals surface area contributed by atoms with Crippen molar-refractivity contribution in [2.45, 2.75) is 20.3 Å². The lowest BCUT2D eigenvalue weighted by Crippen LogP contribution is -2.28. The quantitative estimate of drug-likeness (QED) is 0.845. The van der Waals surface area contributed by atoms with E-state index in [9.17, 15) is 4.79 Å². The number of nitrogens with zero attached hydrogens (tertiary/aromatic N) is 1. The number of hydrogen-bond donors (Lipinski definition) is 1. The van der Waals surface area contributed by atoms with Crippen LogP contribution in [-0.2, 0) is 0 Å². The van der Waals surface area contributed by atoms with Crippen molar-refractivity contribution < 1.29 is 4.79 Å². The van der Waals surface area contributed by atoms with Crippen LogP contribution < -0.4 is 5.32 Å². The molecule has 1 aromatic heterocycles. The van der Waals surface area contributed by atoms with Gasteiger partial charge in [0.15, 0.2) is 0 Å². The SMILES string of the molecule is Cc1cncc(C(=O)NCC(C)CCBr)c1. The fourth-order valence-corrected chi connectivity index (χ4v) is 2.12. The van der Waals surface area contributed by atoms with Crippen molar-refractivity contribution in [3.05, 3.63) is 29.6 Å². The molecule has 1 aromatic rings. The van der Waals surface area contributed by atoms with E-state index in [1.807, 2.05) is 13.0 Å². The number of aryl methyl sites for hydroxylation is 1. The molecule has 0 saturated heterocycles. The van der Waals surface area contributed by atoms with E-state index in [2.05, 4.69) is 33.2 Å². The van der Waals surface area contributed by atoms with Gasteiger partial charge >= 0.3 is 0 Å². The van der Waals surface area contributed by atoms with E-state index < -0.39 is 0 Å². The number of carbonyl (C=O) groups is 1. The summed E-state index contributed by atoms with van der Waals surface area (Å²) in [6.45, 7) is 4.76. The van der Waals surface area contributed by atoms with Gasteiger partial charge in [-0.25, -0.2) is 0 Å².